The Morgan fingerprint density at radius 3 is 2.71 bits per heavy atom. The maximum atomic E-state index is 12.7. The molecule has 6 heteroatoms. The lowest BCUT2D eigenvalue weighted by Crippen LogP contribution is -2.24. The van der Waals surface area contributed by atoms with Gasteiger partial charge in [0, 0.05) is 46.9 Å². The van der Waals surface area contributed by atoms with Gasteiger partial charge in [0.2, 0.25) is 5.91 Å². The molecule has 4 rings (SSSR count). The molecule has 0 atom stereocenters. The van der Waals surface area contributed by atoms with E-state index in [1.54, 1.807) is 24.1 Å². The number of aromatic nitrogens is 1. The minimum atomic E-state index is -0.188. The van der Waals surface area contributed by atoms with Crippen molar-refractivity contribution in [3.05, 3.63) is 53.2 Å². The van der Waals surface area contributed by atoms with E-state index in [4.69, 9.17) is 4.74 Å². The molecule has 0 spiro atoms. The lowest BCUT2D eigenvalue weighted by molar-refractivity contribution is -0.117. The van der Waals surface area contributed by atoms with Gasteiger partial charge in [0.1, 0.15) is 5.75 Å². The Morgan fingerprint density at radius 1 is 1.18 bits per heavy atom. The van der Waals surface area contributed by atoms with Crippen molar-refractivity contribution in [1.82, 2.24) is 4.98 Å². The van der Waals surface area contributed by atoms with Gasteiger partial charge in [-0.1, -0.05) is 0 Å². The van der Waals surface area contributed by atoms with Crippen molar-refractivity contribution in [2.75, 3.05) is 23.9 Å². The Hall–Kier alpha value is -3.28. The second-order valence-corrected chi connectivity index (χ2v) is 7.13. The second kappa shape index (κ2) is 7.03. The second-order valence-electron chi connectivity index (χ2n) is 7.13. The summed E-state index contributed by atoms with van der Waals surface area (Å²) in [4.78, 5) is 29.8. The first-order chi connectivity index (χ1) is 13.5. The number of aryl methyl sites for hydroxylation is 2. The monoisotopic (exact) mass is 377 g/mol. The number of methoxy groups -OCH3 is 1. The Bertz CT molecular complexity index is 1080. The Kier molecular flexibility index (Phi) is 4.55. The van der Waals surface area contributed by atoms with Crippen molar-refractivity contribution in [1.29, 1.82) is 0 Å². The van der Waals surface area contributed by atoms with Gasteiger partial charge in [-0.05, 0) is 56.2 Å². The molecule has 2 aromatic carbocycles. The Morgan fingerprint density at radius 2 is 2.00 bits per heavy atom. The van der Waals surface area contributed by atoms with Crippen LogP contribution in [0.1, 0.15) is 34.5 Å². The SMILES string of the molecule is COc1cc(NC(=O)c2ccc3[nH]c(C)c(C)c3c2)ccc1N1CCCC1=O. The molecule has 1 fully saturated rings. The molecule has 0 bridgehead atoms. The number of aromatic amines is 1. The van der Waals surface area contributed by atoms with E-state index in [1.165, 1.54) is 0 Å². The lowest BCUT2D eigenvalue weighted by Gasteiger charge is -2.19. The molecule has 1 aliphatic heterocycles. The van der Waals surface area contributed by atoms with Crippen molar-refractivity contribution >= 4 is 34.1 Å². The van der Waals surface area contributed by atoms with Crippen LogP contribution in [0.15, 0.2) is 36.4 Å². The number of fused-ring (bicyclic) bond motifs is 1. The van der Waals surface area contributed by atoms with Crippen LogP contribution >= 0.6 is 0 Å². The summed E-state index contributed by atoms with van der Waals surface area (Å²) in [6.07, 6.45) is 1.41. The van der Waals surface area contributed by atoms with Crippen molar-refractivity contribution in [2.24, 2.45) is 0 Å². The number of hydrogen-bond acceptors (Lipinski definition) is 3. The minimum absolute atomic E-state index is 0.0977. The topological polar surface area (TPSA) is 74.4 Å². The number of ether oxygens (including phenoxy) is 1. The highest BCUT2D eigenvalue weighted by Gasteiger charge is 2.24. The van der Waals surface area contributed by atoms with Crippen LogP contribution in [-0.4, -0.2) is 30.5 Å². The third-order valence-corrected chi connectivity index (χ3v) is 5.37. The molecule has 0 unspecified atom stereocenters. The lowest BCUT2D eigenvalue weighted by atomic mass is 10.1. The van der Waals surface area contributed by atoms with Crippen LogP contribution in [0.25, 0.3) is 10.9 Å². The van der Waals surface area contributed by atoms with Crippen LogP contribution in [0.5, 0.6) is 5.75 Å². The highest BCUT2D eigenvalue weighted by molar-refractivity contribution is 6.07. The molecule has 2 N–H and O–H groups in total. The number of H-pyrrole nitrogens is 1. The minimum Gasteiger partial charge on any atom is -0.494 e. The highest BCUT2D eigenvalue weighted by Crippen LogP contribution is 2.34. The molecule has 1 aliphatic rings. The molecule has 6 nitrogen and oxygen atoms in total. The number of hydrogen-bond donors (Lipinski definition) is 2. The third kappa shape index (κ3) is 3.11. The summed E-state index contributed by atoms with van der Waals surface area (Å²) in [7, 11) is 1.57. The maximum absolute atomic E-state index is 12.7. The molecule has 1 aromatic heterocycles. The van der Waals surface area contributed by atoms with Gasteiger partial charge in [0.25, 0.3) is 5.91 Å². The number of carbonyl (C=O) groups excluding carboxylic acids is 2. The fourth-order valence-electron chi connectivity index (χ4n) is 3.69. The number of rotatable bonds is 4. The van der Waals surface area contributed by atoms with Gasteiger partial charge in [-0.3, -0.25) is 9.59 Å². The van der Waals surface area contributed by atoms with Gasteiger partial charge in [-0.25, -0.2) is 0 Å². The number of anilines is 2. The van der Waals surface area contributed by atoms with Crippen LogP contribution in [0.3, 0.4) is 0 Å². The predicted octanol–water partition coefficient (Wildman–Crippen LogP) is 4.17. The van der Waals surface area contributed by atoms with Crippen LogP contribution in [-0.2, 0) is 4.79 Å². The number of amides is 2. The van der Waals surface area contributed by atoms with Gasteiger partial charge in [-0.2, -0.15) is 0 Å². The standard InChI is InChI=1S/C22H23N3O3/c1-13-14(2)23-18-8-6-15(11-17(13)18)22(27)24-16-7-9-19(20(12-16)28-3)25-10-4-5-21(25)26/h6-9,11-12,23H,4-5,10H2,1-3H3,(H,24,27). The van der Waals surface area contributed by atoms with E-state index in [-0.39, 0.29) is 11.8 Å². The van der Waals surface area contributed by atoms with Crippen molar-refractivity contribution in [3.8, 4) is 5.75 Å². The first-order valence-corrected chi connectivity index (χ1v) is 9.36. The van der Waals surface area contributed by atoms with Gasteiger partial charge in [0.15, 0.2) is 0 Å². The third-order valence-electron chi connectivity index (χ3n) is 5.37. The number of nitrogens with zero attached hydrogens (tertiary/aromatic N) is 1. The summed E-state index contributed by atoms with van der Waals surface area (Å²) in [6, 6.07) is 11.0. The van der Waals surface area contributed by atoms with Crippen molar-refractivity contribution in [2.45, 2.75) is 26.7 Å². The average Bonchev–Trinajstić information content (AvgIpc) is 3.24. The predicted molar refractivity (Wildman–Crippen MR) is 110 cm³/mol. The molecule has 1 saturated heterocycles. The summed E-state index contributed by atoms with van der Waals surface area (Å²) >= 11 is 0. The van der Waals surface area contributed by atoms with E-state index in [0.29, 0.717) is 30.0 Å². The molecular weight excluding hydrogens is 354 g/mol. The number of nitrogens with one attached hydrogen (secondary N) is 2. The van der Waals surface area contributed by atoms with Crippen molar-refractivity contribution < 1.29 is 14.3 Å². The summed E-state index contributed by atoms with van der Waals surface area (Å²) < 4.78 is 5.46. The fourth-order valence-corrected chi connectivity index (χ4v) is 3.69. The normalized spacial score (nSPS) is 14.0. The van der Waals surface area contributed by atoms with E-state index >= 15 is 0 Å². The van der Waals surface area contributed by atoms with Crippen LogP contribution in [0.4, 0.5) is 11.4 Å². The number of benzene rings is 2. The van der Waals surface area contributed by atoms with Gasteiger partial charge in [-0.15, -0.1) is 0 Å². The van der Waals surface area contributed by atoms with E-state index in [0.717, 1.165) is 34.3 Å². The first-order valence-electron chi connectivity index (χ1n) is 9.36. The van der Waals surface area contributed by atoms with Gasteiger partial charge >= 0.3 is 0 Å². The van der Waals surface area contributed by atoms with Gasteiger partial charge < -0.3 is 19.9 Å². The molecule has 0 saturated carbocycles. The summed E-state index contributed by atoms with van der Waals surface area (Å²) in [5.41, 5.74) is 5.22. The fraction of sp³-hybridized carbons (Fsp3) is 0.273. The molecule has 28 heavy (non-hydrogen) atoms. The van der Waals surface area contributed by atoms with E-state index in [1.807, 2.05) is 38.1 Å². The van der Waals surface area contributed by atoms with Crippen molar-refractivity contribution in [3.63, 3.8) is 0 Å². The zero-order chi connectivity index (χ0) is 19.8. The zero-order valence-corrected chi connectivity index (χ0v) is 16.3. The molecule has 144 valence electrons. The van der Waals surface area contributed by atoms with Crippen LogP contribution in [0.2, 0.25) is 0 Å². The maximum Gasteiger partial charge on any atom is 0.255 e. The van der Waals surface area contributed by atoms with Crippen LogP contribution < -0.4 is 15.0 Å². The van der Waals surface area contributed by atoms with E-state index < -0.39 is 0 Å². The molecule has 2 amide bonds. The van der Waals surface area contributed by atoms with E-state index in [2.05, 4.69) is 10.3 Å². The summed E-state index contributed by atoms with van der Waals surface area (Å²) in [5, 5.41) is 3.97. The zero-order valence-electron chi connectivity index (χ0n) is 16.3. The molecular formula is C22H23N3O3. The molecule has 2 heterocycles. The smallest absolute Gasteiger partial charge is 0.255 e. The quantitative estimate of drug-likeness (QED) is 0.716. The average molecular weight is 377 g/mol. The Balaban J connectivity index is 1.59. The highest BCUT2D eigenvalue weighted by atomic mass is 16.5. The summed E-state index contributed by atoms with van der Waals surface area (Å²) in [6.45, 7) is 4.75. The van der Waals surface area contributed by atoms with E-state index in [9.17, 15) is 9.59 Å². The Labute approximate surface area is 163 Å². The van der Waals surface area contributed by atoms with Gasteiger partial charge in [0.05, 0.1) is 12.8 Å². The molecule has 0 aliphatic carbocycles. The molecule has 3 aromatic rings. The molecule has 0 radical (unpaired) electrons. The van der Waals surface area contributed by atoms with Crippen LogP contribution in [0, 0.1) is 13.8 Å². The number of carbonyl (C=O) groups is 2. The first kappa shape index (κ1) is 18.1. The summed E-state index contributed by atoms with van der Waals surface area (Å²) in [5.74, 6) is 0.480. The largest absolute Gasteiger partial charge is 0.494 e.